The molecule has 0 spiro atoms. The van der Waals surface area contributed by atoms with Gasteiger partial charge in [-0.2, -0.15) is 5.26 Å². The average Bonchev–Trinajstić information content (AvgIpc) is 3.04. The number of ether oxygens (including phenoxy) is 1. The van der Waals surface area contributed by atoms with E-state index in [0.717, 1.165) is 17.9 Å². The van der Waals surface area contributed by atoms with Crippen LogP contribution in [0.15, 0.2) is 47.1 Å². The summed E-state index contributed by atoms with van der Waals surface area (Å²) in [7, 11) is 0. The van der Waals surface area contributed by atoms with Crippen molar-refractivity contribution in [1.82, 2.24) is 5.32 Å². The zero-order valence-electron chi connectivity index (χ0n) is 13.1. The number of benzene rings is 1. The van der Waals surface area contributed by atoms with Gasteiger partial charge in [-0.1, -0.05) is 26.0 Å². The molecule has 4 nitrogen and oxygen atoms in total. The molecule has 1 atom stereocenters. The Kier molecular flexibility index (Phi) is 6.20. The molecule has 1 N–H and O–H groups in total. The van der Waals surface area contributed by atoms with Gasteiger partial charge in [-0.25, -0.2) is 0 Å². The van der Waals surface area contributed by atoms with Gasteiger partial charge in [-0.3, -0.25) is 0 Å². The summed E-state index contributed by atoms with van der Waals surface area (Å²) in [5.74, 6) is 1.37. The van der Waals surface area contributed by atoms with Crippen LogP contribution in [0.2, 0.25) is 0 Å². The number of nitrogens with one attached hydrogen (secondary N) is 1. The molecule has 1 aromatic carbocycles. The van der Waals surface area contributed by atoms with Gasteiger partial charge in [0.05, 0.1) is 30.5 Å². The van der Waals surface area contributed by atoms with Gasteiger partial charge in [-0.15, -0.1) is 0 Å². The van der Waals surface area contributed by atoms with Crippen molar-refractivity contribution < 1.29 is 9.15 Å². The lowest BCUT2D eigenvalue weighted by Crippen LogP contribution is -2.25. The van der Waals surface area contributed by atoms with Crippen LogP contribution < -0.4 is 5.32 Å². The molecule has 0 aliphatic rings. The normalized spacial score (nSPS) is 12.3. The molecule has 0 bridgehead atoms. The maximum absolute atomic E-state index is 8.95. The molecule has 0 aliphatic carbocycles. The van der Waals surface area contributed by atoms with Crippen LogP contribution >= 0.6 is 0 Å². The quantitative estimate of drug-likeness (QED) is 0.808. The Labute approximate surface area is 131 Å². The fourth-order valence-electron chi connectivity index (χ4n) is 2.14. The van der Waals surface area contributed by atoms with Gasteiger partial charge in [0.15, 0.2) is 0 Å². The van der Waals surface area contributed by atoms with Crippen molar-refractivity contribution in [2.75, 3.05) is 13.2 Å². The predicted octanol–water partition coefficient (Wildman–Crippen LogP) is 3.65. The molecule has 0 fully saturated rings. The van der Waals surface area contributed by atoms with Crippen molar-refractivity contribution in [3.8, 4) is 6.07 Å². The van der Waals surface area contributed by atoms with E-state index in [0.29, 0.717) is 24.6 Å². The third-order valence-corrected chi connectivity index (χ3v) is 3.23. The third kappa shape index (κ3) is 5.03. The van der Waals surface area contributed by atoms with E-state index in [4.69, 9.17) is 14.4 Å². The molecular weight excluding hydrogens is 276 g/mol. The summed E-state index contributed by atoms with van der Waals surface area (Å²) in [4.78, 5) is 0. The number of nitrogens with zero attached hydrogens (tertiary/aromatic N) is 1. The average molecular weight is 298 g/mol. The molecule has 2 rings (SSSR count). The van der Waals surface area contributed by atoms with E-state index < -0.39 is 0 Å². The molecule has 1 heterocycles. The largest absolute Gasteiger partial charge is 0.468 e. The molecule has 0 saturated carbocycles. The van der Waals surface area contributed by atoms with Crippen molar-refractivity contribution in [3.63, 3.8) is 0 Å². The Morgan fingerprint density at radius 1 is 1.23 bits per heavy atom. The monoisotopic (exact) mass is 298 g/mol. The van der Waals surface area contributed by atoms with Gasteiger partial charge in [0.25, 0.3) is 0 Å². The molecule has 4 heteroatoms. The smallest absolute Gasteiger partial charge is 0.123 e. The summed E-state index contributed by atoms with van der Waals surface area (Å²) >= 11 is 0. The van der Waals surface area contributed by atoms with E-state index >= 15 is 0 Å². The molecule has 22 heavy (non-hydrogen) atoms. The van der Waals surface area contributed by atoms with Crippen LogP contribution in [-0.2, 0) is 11.3 Å². The van der Waals surface area contributed by atoms with Gasteiger partial charge in [-0.05, 0) is 35.7 Å². The molecule has 0 amide bonds. The minimum atomic E-state index is -0.000471. The third-order valence-electron chi connectivity index (χ3n) is 3.23. The van der Waals surface area contributed by atoms with Crippen molar-refractivity contribution in [3.05, 3.63) is 59.5 Å². The zero-order chi connectivity index (χ0) is 15.8. The molecule has 0 saturated heterocycles. The maximum Gasteiger partial charge on any atom is 0.123 e. The Bertz CT molecular complexity index is 600. The lowest BCUT2D eigenvalue weighted by molar-refractivity contribution is 0.0844. The minimum Gasteiger partial charge on any atom is -0.468 e. The highest BCUT2D eigenvalue weighted by Gasteiger charge is 2.14. The van der Waals surface area contributed by atoms with Crippen molar-refractivity contribution in [1.29, 1.82) is 5.26 Å². The summed E-state index contributed by atoms with van der Waals surface area (Å²) in [6.07, 6.45) is 1.67. The van der Waals surface area contributed by atoms with Crippen LogP contribution in [0.4, 0.5) is 0 Å². The Morgan fingerprint density at radius 3 is 2.77 bits per heavy atom. The first-order valence-corrected chi connectivity index (χ1v) is 7.52. The van der Waals surface area contributed by atoms with Crippen LogP contribution in [0.3, 0.4) is 0 Å². The fourth-order valence-corrected chi connectivity index (χ4v) is 2.14. The van der Waals surface area contributed by atoms with Crippen molar-refractivity contribution >= 4 is 0 Å². The van der Waals surface area contributed by atoms with E-state index in [2.05, 4.69) is 25.2 Å². The van der Waals surface area contributed by atoms with Crippen molar-refractivity contribution in [2.45, 2.75) is 26.4 Å². The number of hydrogen-bond acceptors (Lipinski definition) is 4. The van der Waals surface area contributed by atoms with Gasteiger partial charge in [0.2, 0.25) is 0 Å². The van der Waals surface area contributed by atoms with Crippen LogP contribution in [0.5, 0.6) is 0 Å². The molecule has 0 radical (unpaired) electrons. The molecule has 2 aromatic rings. The van der Waals surface area contributed by atoms with Crippen LogP contribution in [-0.4, -0.2) is 13.2 Å². The standard InChI is InChI=1S/C18H22N2O2/c1-14(2)12-21-13-17(18-7-4-8-22-18)20-11-16-6-3-5-15(9-16)10-19/h3-9,14,17,20H,11-13H2,1-2H3. The van der Waals surface area contributed by atoms with E-state index in [9.17, 15) is 0 Å². The van der Waals surface area contributed by atoms with E-state index in [1.54, 1.807) is 12.3 Å². The van der Waals surface area contributed by atoms with Crippen molar-refractivity contribution in [2.24, 2.45) is 5.92 Å². The number of rotatable bonds is 8. The van der Waals surface area contributed by atoms with Gasteiger partial charge in [0, 0.05) is 13.2 Å². The van der Waals surface area contributed by atoms with E-state index in [-0.39, 0.29) is 6.04 Å². The first-order valence-electron chi connectivity index (χ1n) is 7.52. The molecule has 116 valence electrons. The Hall–Kier alpha value is -2.09. The predicted molar refractivity (Wildman–Crippen MR) is 85.1 cm³/mol. The highest BCUT2D eigenvalue weighted by molar-refractivity contribution is 5.32. The second-order valence-electron chi connectivity index (χ2n) is 5.69. The number of nitriles is 1. The topological polar surface area (TPSA) is 58.2 Å². The second-order valence-corrected chi connectivity index (χ2v) is 5.69. The number of hydrogen-bond donors (Lipinski definition) is 1. The SMILES string of the molecule is CC(C)COCC(NCc1cccc(C#N)c1)c1ccco1. The van der Waals surface area contributed by atoms with E-state index in [1.165, 1.54) is 0 Å². The van der Waals surface area contributed by atoms with Crippen LogP contribution in [0.25, 0.3) is 0 Å². The maximum atomic E-state index is 8.95. The molecule has 1 unspecified atom stereocenters. The minimum absolute atomic E-state index is 0.000471. The van der Waals surface area contributed by atoms with Gasteiger partial charge < -0.3 is 14.5 Å². The summed E-state index contributed by atoms with van der Waals surface area (Å²) in [5, 5.41) is 12.4. The Balaban J connectivity index is 1.95. The van der Waals surface area contributed by atoms with Crippen LogP contribution in [0, 0.1) is 17.2 Å². The number of furan rings is 1. The molecular formula is C18H22N2O2. The van der Waals surface area contributed by atoms with Gasteiger partial charge >= 0.3 is 0 Å². The summed E-state index contributed by atoms with van der Waals surface area (Å²) in [6.45, 7) is 6.20. The van der Waals surface area contributed by atoms with Crippen LogP contribution in [0.1, 0.15) is 36.8 Å². The molecule has 1 aromatic heterocycles. The fraction of sp³-hybridized carbons (Fsp3) is 0.389. The van der Waals surface area contributed by atoms with Gasteiger partial charge in [0.1, 0.15) is 5.76 Å². The molecule has 0 aliphatic heterocycles. The second kappa shape index (κ2) is 8.38. The summed E-state index contributed by atoms with van der Waals surface area (Å²) in [6, 6.07) is 13.6. The lowest BCUT2D eigenvalue weighted by Gasteiger charge is -2.18. The first-order chi connectivity index (χ1) is 10.7. The van der Waals surface area contributed by atoms with E-state index in [1.807, 2.05) is 30.3 Å². The summed E-state index contributed by atoms with van der Waals surface area (Å²) < 4.78 is 11.2. The Morgan fingerprint density at radius 2 is 2.09 bits per heavy atom. The lowest BCUT2D eigenvalue weighted by atomic mass is 10.1. The first kappa shape index (κ1) is 16.3. The highest BCUT2D eigenvalue weighted by Crippen LogP contribution is 2.16. The summed E-state index contributed by atoms with van der Waals surface area (Å²) in [5.41, 5.74) is 1.74. The zero-order valence-corrected chi connectivity index (χ0v) is 13.1. The highest BCUT2D eigenvalue weighted by atomic mass is 16.5.